The van der Waals surface area contributed by atoms with Crippen LogP contribution < -0.4 is 0 Å². The summed E-state index contributed by atoms with van der Waals surface area (Å²) in [5.41, 5.74) is 0. The van der Waals surface area contributed by atoms with Crippen LogP contribution in [0.5, 0.6) is 0 Å². The topological polar surface area (TPSA) is 23.6 Å². The smallest absolute Gasteiger partial charge is 0.146 e. The molecule has 0 bridgehead atoms. The Morgan fingerprint density at radius 1 is 1.40 bits per heavy atom. The predicted octanol–water partition coefficient (Wildman–Crippen LogP) is 1.24. The lowest BCUT2D eigenvalue weighted by Gasteiger charge is -2.32. The van der Waals surface area contributed by atoms with Crippen LogP contribution >= 0.6 is 0 Å². The van der Waals surface area contributed by atoms with Gasteiger partial charge in [0.25, 0.3) is 0 Å². The normalized spacial score (nSPS) is 21.9. The van der Waals surface area contributed by atoms with Crippen molar-refractivity contribution in [2.75, 3.05) is 34.2 Å². The molecule has 0 amide bonds. The maximum absolute atomic E-state index is 11.5. The van der Waals surface area contributed by atoms with E-state index in [0.29, 0.717) is 5.78 Å². The summed E-state index contributed by atoms with van der Waals surface area (Å²) in [5.74, 6) is 1.04. The monoisotopic (exact) mass is 212 g/mol. The molecule has 1 fully saturated rings. The summed E-state index contributed by atoms with van der Waals surface area (Å²) in [4.78, 5) is 15.9. The molecule has 1 saturated heterocycles. The zero-order valence-electron chi connectivity index (χ0n) is 10.5. The first-order valence-corrected chi connectivity index (χ1v) is 5.86. The Labute approximate surface area is 93.4 Å². The van der Waals surface area contributed by atoms with Crippen LogP contribution in [0.3, 0.4) is 0 Å². The average molecular weight is 212 g/mol. The van der Waals surface area contributed by atoms with E-state index in [0.717, 1.165) is 12.3 Å². The van der Waals surface area contributed by atoms with Gasteiger partial charge in [-0.15, -0.1) is 0 Å². The van der Waals surface area contributed by atoms with Crippen LogP contribution in [0.1, 0.15) is 26.2 Å². The molecule has 3 heteroatoms. The van der Waals surface area contributed by atoms with E-state index in [4.69, 9.17) is 0 Å². The average Bonchev–Trinajstić information content (AvgIpc) is 2.15. The van der Waals surface area contributed by atoms with Gasteiger partial charge in [-0.05, 0) is 66.3 Å². The Morgan fingerprint density at radius 2 is 1.93 bits per heavy atom. The summed E-state index contributed by atoms with van der Waals surface area (Å²) < 4.78 is 0. The van der Waals surface area contributed by atoms with Gasteiger partial charge in [0.05, 0.1) is 6.04 Å². The van der Waals surface area contributed by atoms with Crippen LogP contribution in [0.25, 0.3) is 0 Å². The molecule has 0 aromatic heterocycles. The minimum Gasteiger partial charge on any atom is -0.306 e. The molecule has 3 nitrogen and oxygen atoms in total. The maximum atomic E-state index is 11.5. The molecule has 1 rings (SSSR count). The van der Waals surface area contributed by atoms with Gasteiger partial charge in [-0.1, -0.05) is 0 Å². The minimum absolute atomic E-state index is 0.124. The van der Waals surface area contributed by atoms with Crippen molar-refractivity contribution in [3.05, 3.63) is 0 Å². The van der Waals surface area contributed by atoms with Crippen LogP contribution in [0.15, 0.2) is 0 Å². The molecular weight excluding hydrogens is 188 g/mol. The molecule has 0 aliphatic carbocycles. The van der Waals surface area contributed by atoms with Crippen molar-refractivity contribution in [1.82, 2.24) is 9.80 Å². The van der Waals surface area contributed by atoms with Crippen molar-refractivity contribution in [2.45, 2.75) is 32.2 Å². The Kier molecular flexibility index (Phi) is 4.74. The number of carbonyl (C=O) groups is 1. The molecule has 0 spiro atoms. The summed E-state index contributed by atoms with van der Waals surface area (Å²) >= 11 is 0. The molecule has 1 aliphatic heterocycles. The fourth-order valence-electron chi connectivity index (χ4n) is 2.35. The molecular formula is C12H24N2O. The molecule has 0 saturated carbocycles. The first-order chi connectivity index (χ1) is 7.00. The van der Waals surface area contributed by atoms with E-state index in [1.807, 2.05) is 14.1 Å². The van der Waals surface area contributed by atoms with Gasteiger partial charge in [-0.3, -0.25) is 9.69 Å². The third-order valence-corrected chi connectivity index (χ3v) is 3.49. The zero-order chi connectivity index (χ0) is 11.4. The number of hydrogen-bond donors (Lipinski definition) is 0. The van der Waals surface area contributed by atoms with E-state index in [-0.39, 0.29) is 6.04 Å². The van der Waals surface area contributed by atoms with Crippen LogP contribution in [0.4, 0.5) is 0 Å². The van der Waals surface area contributed by atoms with Gasteiger partial charge in [0.1, 0.15) is 5.78 Å². The summed E-state index contributed by atoms with van der Waals surface area (Å²) in [5, 5.41) is 0. The highest BCUT2D eigenvalue weighted by atomic mass is 16.1. The lowest BCUT2D eigenvalue weighted by Crippen LogP contribution is -2.39. The molecule has 88 valence electrons. The van der Waals surface area contributed by atoms with E-state index in [1.54, 1.807) is 6.92 Å². The molecule has 0 aromatic rings. The number of rotatable bonds is 4. The lowest BCUT2D eigenvalue weighted by molar-refractivity contribution is -0.122. The first-order valence-electron chi connectivity index (χ1n) is 5.86. The molecule has 1 heterocycles. The van der Waals surface area contributed by atoms with Crippen LogP contribution in [0, 0.1) is 5.92 Å². The summed E-state index contributed by atoms with van der Waals surface area (Å²) in [7, 11) is 6.17. The Balaban J connectivity index is 2.41. The number of hydrogen-bond acceptors (Lipinski definition) is 3. The van der Waals surface area contributed by atoms with Gasteiger partial charge in [0, 0.05) is 0 Å². The van der Waals surface area contributed by atoms with Crippen LogP contribution in [-0.4, -0.2) is 55.9 Å². The van der Waals surface area contributed by atoms with Gasteiger partial charge >= 0.3 is 0 Å². The molecule has 0 N–H and O–H groups in total. The van der Waals surface area contributed by atoms with E-state index in [2.05, 4.69) is 16.8 Å². The van der Waals surface area contributed by atoms with Crippen molar-refractivity contribution in [2.24, 2.45) is 5.92 Å². The second-order valence-electron chi connectivity index (χ2n) is 5.07. The van der Waals surface area contributed by atoms with Crippen LogP contribution in [0.2, 0.25) is 0 Å². The first kappa shape index (κ1) is 12.7. The Hall–Kier alpha value is -0.410. The Bertz CT molecular complexity index is 208. The zero-order valence-corrected chi connectivity index (χ0v) is 10.5. The molecule has 1 atom stereocenters. The fraction of sp³-hybridized carbons (Fsp3) is 0.917. The SMILES string of the molecule is CC(=O)C(CC1CCN(C)CC1)N(C)C. The van der Waals surface area contributed by atoms with Gasteiger partial charge in [0.15, 0.2) is 0 Å². The van der Waals surface area contributed by atoms with E-state index in [1.165, 1.54) is 25.9 Å². The third kappa shape index (κ3) is 3.92. The van der Waals surface area contributed by atoms with Gasteiger partial charge in [-0.2, -0.15) is 0 Å². The van der Waals surface area contributed by atoms with E-state index >= 15 is 0 Å². The summed E-state index contributed by atoms with van der Waals surface area (Å²) in [6.45, 7) is 4.07. The van der Waals surface area contributed by atoms with E-state index in [9.17, 15) is 4.79 Å². The third-order valence-electron chi connectivity index (χ3n) is 3.49. The van der Waals surface area contributed by atoms with E-state index < -0.39 is 0 Å². The number of carbonyl (C=O) groups excluding carboxylic acids is 1. The molecule has 0 aromatic carbocycles. The van der Waals surface area contributed by atoms with Crippen molar-refractivity contribution in [3.63, 3.8) is 0 Å². The predicted molar refractivity (Wildman–Crippen MR) is 63.0 cm³/mol. The van der Waals surface area contributed by atoms with Crippen molar-refractivity contribution in [1.29, 1.82) is 0 Å². The minimum atomic E-state index is 0.124. The Morgan fingerprint density at radius 3 is 2.33 bits per heavy atom. The number of Topliss-reactive ketones (excluding diaryl/α,β-unsaturated/α-hetero) is 1. The standard InChI is InChI=1S/C12H24N2O/c1-10(15)12(13(2)3)9-11-5-7-14(4)8-6-11/h11-12H,5-9H2,1-4H3. The summed E-state index contributed by atoms with van der Waals surface area (Å²) in [6, 6.07) is 0.124. The lowest BCUT2D eigenvalue weighted by atomic mass is 9.89. The highest BCUT2D eigenvalue weighted by molar-refractivity contribution is 5.81. The van der Waals surface area contributed by atoms with Crippen LogP contribution in [-0.2, 0) is 4.79 Å². The molecule has 15 heavy (non-hydrogen) atoms. The fourth-order valence-corrected chi connectivity index (χ4v) is 2.35. The van der Waals surface area contributed by atoms with Crippen molar-refractivity contribution >= 4 is 5.78 Å². The van der Waals surface area contributed by atoms with Gasteiger partial charge in [-0.25, -0.2) is 0 Å². The molecule has 1 unspecified atom stereocenters. The molecule has 0 radical (unpaired) electrons. The summed E-state index contributed by atoms with van der Waals surface area (Å²) in [6.07, 6.45) is 3.53. The maximum Gasteiger partial charge on any atom is 0.146 e. The van der Waals surface area contributed by atoms with Crippen molar-refractivity contribution in [3.8, 4) is 0 Å². The highest BCUT2D eigenvalue weighted by Gasteiger charge is 2.24. The largest absolute Gasteiger partial charge is 0.306 e. The quantitative estimate of drug-likeness (QED) is 0.700. The van der Waals surface area contributed by atoms with Gasteiger partial charge < -0.3 is 4.90 Å². The van der Waals surface area contributed by atoms with Crippen molar-refractivity contribution < 1.29 is 4.79 Å². The number of likely N-dealkylation sites (N-methyl/N-ethyl adjacent to an activating group) is 1. The van der Waals surface area contributed by atoms with Gasteiger partial charge in [0.2, 0.25) is 0 Å². The number of likely N-dealkylation sites (tertiary alicyclic amines) is 1. The second kappa shape index (κ2) is 5.61. The number of ketones is 1. The molecule has 1 aliphatic rings. The number of nitrogens with zero attached hydrogens (tertiary/aromatic N) is 2. The highest BCUT2D eigenvalue weighted by Crippen LogP contribution is 2.22. The second-order valence-corrected chi connectivity index (χ2v) is 5.07. The number of piperidine rings is 1.